The molecule has 1 heterocycles. The largest absolute Gasteiger partial charge is 0.354 e. The molecule has 0 bridgehead atoms. The number of nitrogens with two attached hydrogens (primary N) is 1. The molecule has 4 nitrogen and oxygen atoms in total. The molecule has 0 aliphatic carbocycles. The van der Waals surface area contributed by atoms with Gasteiger partial charge in [0.25, 0.3) is 0 Å². The number of nitrogens with one attached hydrogen (secondary N) is 1. The van der Waals surface area contributed by atoms with E-state index >= 15 is 0 Å². The summed E-state index contributed by atoms with van der Waals surface area (Å²) in [6, 6.07) is 0.252. The lowest BCUT2D eigenvalue weighted by atomic mass is 10.2. The van der Waals surface area contributed by atoms with Crippen molar-refractivity contribution < 1.29 is 4.79 Å². The molecule has 0 saturated carbocycles. The minimum Gasteiger partial charge on any atom is -0.354 e. The van der Waals surface area contributed by atoms with E-state index < -0.39 is 0 Å². The maximum Gasteiger partial charge on any atom is 0.220 e. The highest BCUT2D eigenvalue weighted by Crippen LogP contribution is 2.10. The van der Waals surface area contributed by atoms with Crippen molar-refractivity contribution in [2.75, 3.05) is 0 Å². The van der Waals surface area contributed by atoms with Gasteiger partial charge in [-0.15, -0.1) is 11.3 Å². The highest BCUT2D eigenvalue weighted by atomic mass is 32.1. The molecule has 16 heavy (non-hydrogen) atoms. The Bertz CT molecular complexity index is 338. The van der Waals surface area contributed by atoms with Crippen LogP contribution in [0.25, 0.3) is 0 Å². The van der Waals surface area contributed by atoms with Gasteiger partial charge in [-0.1, -0.05) is 6.92 Å². The lowest BCUT2D eigenvalue weighted by Crippen LogP contribution is -2.32. The van der Waals surface area contributed by atoms with Gasteiger partial charge in [0.1, 0.15) is 5.01 Å². The summed E-state index contributed by atoms with van der Waals surface area (Å²) in [5.41, 5.74) is 6.43. The number of thiazole rings is 1. The van der Waals surface area contributed by atoms with Gasteiger partial charge in [-0.25, -0.2) is 4.98 Å². The molecule has 0 fully saturated rings. The van der Waals surface area contributed by atoms with Crippen LogP contribution in [0.4, 0.5) is 0 Å². The standard InChI is InChI=1S/C11H19N3OS/c1-3-8(2)13-10(15)5-4-9-7-16-11(6-12)14-9/h7-8H,3-6,12H2,1-2H3,(H,13,15). The fourth-order valence-corrected chi connectivity index (χ4v) is 1.96. The molecule has 0 aliphatic heterocycles. The number of hydrogen-bond donors (Lipinski definition) is 2. The third kappa shape index (κ3) is 4.28. The Balaban J connectivity index is 2.31. The first-order chi connectivity index (χ1) is 7.65. The quantitative estimate of drug-likeness (QED) is 0.792. The number of carbonyl (C=O) groups is 1. The average molecular weight is 241 g/mol. The van der Waals surface area contributed by atoms with E-state index in [1.54, 1.807) is 11.3 Å². The molecule has 5 heteroatoms. The zero-order chi connectivity index (χ0) is 12.0. The number of carbonyl (C=O) groups excluding carboxylic acids is 1. The second kappa shape index (κ2) is 6.60. The molecule has 1 aromatic rings. The Morgan fingerprint density at radius 3 is 3.00 bits per heavy atom. The summed E-state index contributed by atoms with van der Waals surface area (Å²) < 4.78 is 0. The van der Waals surface area contributed by atoms with Gasteiger partial charge in [0.2, 0.25) is 5.91 Å². The predicted octanol–water partition coefficient (Wildman–Crippen LogP) is 1.45. The van der Waals surface area contributed by atoms with E-state index in [4.69, 9.17) is 5.73 Å². The first-order valence-corrected chi connectivity index (χ1v) is 6.46. The summed E-state index contributed by atoms with van der Waals surface area (Å²) in [4.78, 5) is 15.8. The van der Waals surface area contributed by atoms with Crippen LogP contribution in [0.1, 0.15) is 37.4 Å². The molecule has 1 amide bonds. The molecule has 0 aliphatic rings. The van der Waals surface area contributed by atoms with Crippen LogP contribution in [0.15, 0.2) is 5.38 Å². The van der Waals surface area contributed by atoms with Crippen molar-refractivity contribution in [3.63, 3.8) is 0 Å². The summed E-state index contributed by atoms with van der Waals surface area (Å²) in [6.07, 6.45) is 2.15. The van der Waals surface area contributed by atoms with E-state index in [1.807, 2.05) is 12.3 Å². The molecular formula is C11H19N3OS. The zero-order valence-corrected chi connectivity index (χ0v) is 10.6. The zero-order valence-electron chi connectivity index (χ0n) is 9.82. The highest BCUT2D eigenvalue weighted by molar-refractivity contribution is 7.09. The van der Waals surface area contributed by atoms with E-state index in [0.29, 0.717) is 19.4 Å². The van der Waals surface area contributed by atoms with E-state index in [9.17, 15) is 4.79 Å². The molecule has 1 atom stereocenters. The van der Waals surface area contributed by atoms with Crippen LogP contribution in [-0.4, -0.2) is 16.9 Å². The average Bonchev–Trinajstić information content (AvgIpc) is 2.74. The van der Waals surface area contributed by atoms with E-state index in [1.165, 1.54) is 0 Å². The number of aromatic nitrogens is 1. The van der Waals surface area contributed by atoms with Crippen molar-refractivity contribution >= 4 is 17.2 Å². The third-order valence-corrected chi connectivity index (χ3v) is 3.32. The van der Waals surface area contributed by atoms with Crippen molar-refractivity contribution in [2.24, 2.45) is 5.73 Å². The van der Waals surface area contributed by atoms with Gasteiger partial charge in [-0.05, 0) is 19.8 Å². The molecule has 0 aromatic carbocycles. The minimum atomic E-state index is 0.0941. The van der Waals surface area contributed by atoms with Gasteiger partial charge >= 0.3 is 0 Å². The first kappa shape index (κ1) is 13.1. The Morgan fingerprint density at radius 1 is 1.69 bits per heavy atom. The summed E-state index contributed by atoms with van der Waals surface area (Å²) in [7, 11) is 0. The topological polar surface area (TPSA) is 68.0 Å². The molecule has 1 unspecified atom stereocenters. The van der Waals surface area contributed by atoms with Crippen molar-refractivity contribution in [1.29, 1.82) is 0 Å². The number of hydrogen-bond acceptors (Lipinski definition) is 4. The van der Waals surface area contributed by atoms with E-state index in [-0.39, 0.29) is 11.9 Å². The molecule has 1 aromatic heterocycles. The monoisotopic (exact) mass is 241 g/mol. The summed E-state index contributed by atoms with van der Waals surface area (Å²) >= 11 is 1.55. The van der Waals surface area contributed by atoms with Gasteiger partial charge in [-0.3, -0.25) is 4.79 Å². The summed E-state index contributed by atoms with van der Waals surface area (Å²) in [6.45, 7) is 4.54. The number of rotatable bonds is 6. The van der Waals surface area contributed by atoms with Crippen LogP contribution in [0.3, 0.4) is 0 Å². The normalized spacial score (nSPS) is 12.4. The van der Waals surface area contributed by atoms with Crippen molar-refractivity contribution in [2.45, 2.75) is 45.7 Å². The SMILES string of the molecule is CCC(C)NC(=O)CCc1csc(CN)n1. The lowest BCUT2D eigenvalue weighted by molar-refractivity contribution is -0.121. The van der Waals surface area contributed by atoms with Gasteiger partial charge in [0.05, 0.1) is 5.69 Å². The Hall–Kier alpha value is -0.940. The fraction of sp³-hybridized carbons (Fsp3) is 0.636. The Labute approximate surface area is 100 Å². The van der Waals surface area contributed by atoms with Gasteiger partial charge in [-0.2, -0.15) is 0 Å². The lowest BCUT2D eigenvalue weighted by Gasteiger charge is -2.10. The minimum absolute atomic E-state index is 0.0941. The molecular weight excluding hydrogens is 222 g/mol. The first-order valence-electron chi connectivity index (χ1n) is 5.58. The Kier molecular flexibility index (Phi) is 5.42. The van der Waals surface area contributed by atoms with Crippen molar-refractivity contribution in [1.82, 2.24) is 10.3 Å². The molecule has 3 N–H and O–H groups in total. The van der Waals surface area contributed by atoms with Crippen molar-refractivity contribution in [3.8, 4) is 0 Å². The smallest absolute Gasteiger partial charge is 0.220 e. The van der Waals surface area contributed by atoms with Crippen molar-refractivity contribution in [3.05, 3.63) is 16.1 Å². The second-order valence-electron chi connectivity index (χ2n) is 3.81. The van der Waals surface area contributed by atoms with Crippen LogP contribution >= 0.6 is 11.3 Å². The predicted molar refractivity (Wildman–Crippen MR) is 66.2 cm³/mol. The summed E-state index contributed by atoms with van der Waals surface area (Å²) in [5, 5.41) is 5.83. The van der Waals surface area contributed by atoms with Crippen LogP contribution in [-0.2, 0) is 17.8 Å². The third-order valence-electron chi connectivity index (χ3n) is 2.40. The van der Waals surface area contributed by atoms with Gasteiger partial charge < -0.3 is 11.1 Å². The Morgan fingerprint density at radius 2 is 2.44 bits per heavy atom. The molecule has 90 valence electrons. The molecule has 1 rings (SSSR count). The highest BCUT2D eigenvalue weighted by Gasteiger charge is 2.07. The maximum atomic E-state index is 11.5. The van der Waals surface area contributed by atoms with E-state index in [2.05, 4.69) is 17.2 Å². The number of aryl methyl sites for hydroxylation is 1. The molecule has 0 saturated heterocycles. The van der Waals surface area contributed by atoms with Crippen LogP contribution < -0.4 is 11.1 Å². The number of nitrogens with zero attached hydrogens (tertiary/aromatic N) is 1. The van der Waals surface area contributed by atoms with Gasteiger partial charge in [0.15, 0.2) is 0 Å². The molecule has 0 spiro atoms. The molecule has 0 radical (unpaired) electrons. The number of amides is 1. The van der Waals surface area contributed by atoms with Crippen LogP contribution in [0, 0.1) is 0 Å². The van der Waals surface area contributed by atoms with Crippen LogP contribution in [0.5, 0.6) is 0 Å². The van der Waals surface area contributed by atoms with Gasteiger partial charge in [0, 0.05) is 24.4 Å². The fourth-order valence-electron chi connectivity index (χ4n) is 1.25. The second-order valence-corrected chi connectivity index (χ2v) is 4.76. The van der Waals surface area contributed by atoms with Crippen LogP contribution in [0.2, 0.25) is 0 Å². The summed E-state index contributed by atoms with van der Waals surface area (Å²) in [5.74, 6) is 0.0941. The maximum absolute atomic E-state index is 11.5. The van der Waals surface area contributed by atoms with E-state index in [0.717, 1.165) is 17.1 Å².